The number of thiophene rings is 1. The molecule has 1 N–H and O–H groups in total. The number of hydrogen-bond donors (Lipinski definition) is 1. The van der Waals surface area contributed by atoms with E-state index in [2.05, 4.69) is 6.08 Å². The minimum Gasteiger partial charge on any atom is -0.508 e. The van der Waals surface area contributed by atoms with Crippen LogP contribution in [0.3, 0.4) is 0 Å². The summed E-state index contributed by atoms with van der Waals surface area (Å²) in [6.07, 6.45) is 2.89. The van der Waals surface area contributed by atoms with Gasteiger partial charge in [0.1, 0.15) is 5.75 Å². The molecule has 0 saturated carbocycles. The Morgan fingerprint density at radius 3 is 2.62 bits per heavy atom. The second-order valence-electron chi connectivity index (χ2n) is 4.91. The van der Waals surface area contributed by atoms with Crippen LogP contribution < -0.4 is 0 Å². The van der Waals surface area contributed by atoms with Crippen molar-refractivity contribution >= 4 is 34.4 Å². The predicted octanol–water partition coefficient (Wildman–Crippen LogP) is 4.04. The van der Waals surface area contributed by atoms with Gasteiger partial charge in [0.15, 0.2) is 0 Å². The monoisotopic (exact) mass is 319 g/mol. The van der Waals surface area contributed by atoms with E-state index in [0.717, 1.165) is 12.0 Å². The van der Waals surface area contributed by atoms with Crippen LogP contribution in [0.25, 0.3) is 5.57 Å². The van der Waals surface area contributed by atoms with Gasteiger partial charge in [-0.1, -0.05) is 29.8 Å². The first kappa shape index (κ1) is 14.2. The minimum atomic E-state index is 0.0351. The first-order valence-electron chi connectivity index (χ1n) is 6.65. The molecule has 21 heavy (non-hydrogen) atoms. The van der Waals surface area contributed by atoms with Crippen LogP contribution in [0.1, 0.15) is 21.7 Å². The Balaban J connectivity index is 1.71. The molecule has 1 aromatic carbocycles. The van der Waals surface area contributed by atoms with E-state index in [1.165, 1.54) is 16.9 Å². The Morgan fingerprint density at radius 1 is 1.29 bits per heavy atom. The number of amides is 1. The summed E-state index contributed by atoms with van der Waals surface area (Å²) >= 11 is 7.25. The highest BCUT2D eigenvalue weighted by Crippen LogP contribution is 2.26. The van der Waals surface area contributed by atoms with Crippen molar-refractivity contribution in [3.05, 3.63) is 57.3 Å². The van der Waals surface area contributed by atoms with Crippen molar-refractivity contribution in [3.63, 3.8) is 0 Å². The fraction of sp³-hybridized carbons (Fsp3) is 0.188. The lowest BCUT2D eigenvalue weighted by Gasteiger charge is -2.26. The number of phenols is 1. The quantitative estimate of drug-likeness (QED) is 0.907. The third-order valence-electron chi connectivity index (χ3n) is 3.51. The lowest BCUT2D eigenvalue weighted by Crippen LogP contribution is -2.34. The van der Waals surface area contributed by atoms with E-state index in [9.17, 15) is 9.90 Å². The van der Waals surface area contributed by atoms with Crippen LogP contribution in [-0.4, -0.2) is 29.0 Å². The molecule has 3 nitrogen and oxygen atoms in total. The van der Waals surface area contributed by atoms with E-state index in [1.54, 1.807) is 23.6 Å². The molecule has 2 heterocycles. The van der Waals surface area contributed by atoms with Crippen LogP contribution in [0.15, 0.2) is 41.8 Å². The minimum absolute atomic E-state index is 0.0351. The van der Waals surface area contributed by atoms with Gasteiger partial charge in [0.25, 0.3) is 5.91 Å². The second-order valence-corrected chi connectivity index (χ2v) is 6.25. The highest BCUT2D eigenvalue weighted by molar-refractivity contribution is 7.12. The van der Waals surface area contributed by atoms with Gasteiger partial charge in [-0.2, -0.15) is 0 Å². The SMILES string of the molecule is O=C(c1cc(Cl)cs1)N1CC=C(c2ccc(O)cc2)CC1. The number of phenolic OH excluding ortho intramolecular Hbond substituents is 1. The number of hydrogen-bond acceptors (Lipinski definition) is 3. The zero-order valence-corrected chi connectivity index (χ0v) is 12.8. The molecule has 0 radical (unpaired) electrons. The molecule has 0 bridgehead atoms. The second kappa shape index (κ2) is 5.92. The van der Waals surface area contributed by atoms with Crippen LogP contribution in [0.5, 0.6) is 5.75 Å². The maximum Gasteiger partial charge on any atom is 0.264 e. The number of carbonyl (C=O) groups is 1. The third kappa shape index (κ3) is 3.12. The summed E-state index contributed by atoms with van der Waals surface area (Å²) in [6.45, 7) is 1.30. The van der Waals surface area contributed by atoms with Crippen molar-refractivity contribution in [2.45, 2.75) is 6.42 Å². The number of benzene rings is 1. The van der Waals surface area contributed by atoms with Crippen molar-refractivity contribution in [1.82, 2.24) is 4.90 Å². The highest BCUT2D eigenvalue weighted by Gasteiger charge is 2.20. The van der Waals surface area contributed by atoms with E-state index >= 15 is 0 Å². The summed E-state index contributed by atoms with van der Waals surface area (Å²) in [5.41, 5.74) is 2.31. The number of halogens is 1. The van der Waals surface area contributed by atoms with Crippen LogP contribution in [0, 0.1) is 0 Å². The molecule has 3 rings (SSSR count). The topological polar surface area (TPSA) is 40.5 Å². The van der Waals surface area contributed by atoms with Gasteiger partial charge in [0, 0.05) is 18.5 Å². The first-order valence-corrected chi connectivity index (χ1v) is 7.91. The van der Waals surface area contributed by atoms with Crippen molar-refractivity contribution in [1.29, 1.82) is 0 Å². The van der Waals surface area contributed by atoms with Gasteiger partial charge >= 0.3 is 0 Å². The molecule has 0 aliphatic carbocycles. The molecular formula is C16H14ClNO2S. The molecule has 1 aliphatic rings. The Morgan fingerprint density at radius 2 is 2.05 bits per heavy atom. The molecule has 108 valence electrons. The number of aromatic hydroxyl groups is 1. The predicted molar refractivity (Wildman–Crippen MR) is 85.9 cm³/mol. The molecule has 0 unspecified atom stereocenters. The smallest absolute Gasteiger partial charge is 0.264 e. The average molecular weight is 320 g/mol. The lowest BCUT2D eigenvalue weighted by atomic mass is 9.99. The van der Waals surface area contributed by atoms with Gasteiger partial charge in [-0.15, -0.1) is 11.3 Å². The lowest BCUT2D eigenvalue weighted by molar-refractivity contribution is 0.0777. The Kier molecular flexibility index (Phi) is 3.99. The van der Waals surface area contributed by atoms with E-state index in [-0.39, 0.29) is 11.7 Å². The van der Waals surface area contributed by atoms with E-state index in [4.69, 9.17) is 11.6 Å². The summed E-state index contributed by atoms with van der Waals surface area (Å²) in [5.74, 6) is 0.300. The molecule has 0 atom stereocenters. The van der Waals surface area contributed by atoms with Crippen LogP contribution >= 0.6 is 22.9 Å². The van der Waals surface area contributed by atoms with Crippen LogP contribution in [0.4, 0.5) is 0 Å². The van der Waals surface area contributed by atoms with Crippen molar-refractivity contribution in [2.75, 3.05) is 13.1 Å². The van der Waals surface area contributed by atoms with Crippen molar-refractivity contribution < 1.29 is 9.90 Å². The Hall–Kier alpha value is -1.78. The summed E-state index contributed by atoms with van der Waals surface area (Å²) < 4.78 is 0. The fourth-order valence-corrected chi connectivity index (χ4v) is 3.41. The maximum atomic E-state index is 12.3. The molecular weight excluding hydrogens is 306 g/mol. The molecule has 1 aliphatic heterocycles. The summed E-state index contributed by atoms with van der Waals surface area (Å²) in [6, 6.07) is 8.88. The average Bonchev–Trinajstić information content (AvgIpc) is 2.94. The van der Waals surface area contributed by atoms with Gasteiger partial charge in [-0.3, -0.25) is 4.79 Å². The molecule has 0 fully saturated rings. The highest BCUT2D eigenvalue weighted by atomic mass is 35.5. The molecule has 2 aromatic rings. The van der Waals surface area contributed by atoms with Crippen LogP contribution in [-0.2, 0) is 0 Å². The fourth-order valence-electron chi connectivity index (χ4n) is 2.37. The Labute approximate surface area is 132 Å². The largest absolute Gasteiger partial charge is 0.508 e. The van der Waals surface area contributed by atoms with Gasteiger partial charge < -0.3 is 10.0 Å². The van der Waals surface area contributed by atoms with Gasteiger partial charge in [0.2, 0.25) is 0 Å². The van der Waals surface area contributed by atoms with Crippen LogP contribution in [0.2, 0.25) is 5.02 Å². The number of nitrogens with zero attached hydrogens (tertiary/aromatic N) is 1. The summed E-state index contributed by atoms with van der Waals surface area (Å²) in [5, 5.41) is 11.7. The normalized spacial score (nSPS) is 14.9. The standard InChI is InChI=1S/C16H14ClNO2S/c17-13-9-15(21-10-13)16(20)18-7-5-12(6-8-18)11-1-3-14(19)4-2-11/h1-5,9-10,19H,6-8H2. The number of rotatable bonds is 2. The van der Waals surface area contributed by atoms with Gasteiger partial charge in [0.05, 0.1) is 9.90 Å². The molecule has 0 saturated heterocycles. The zero-order valence-electron chi connectivity index (χ0n) is 11.3. The third-order valence-corrected chi connectivity index (χ3v) is 4.78. The van der Waals surface area contributed by atoms with Crippen molar-refractivity contribution in [2.24, 2.45) is 0 Å². The van der Waals surface area contributed by atoms with Gasteiger partial charge in [-0.25, -0.2) is 0 Å². The first-order chi connectivity index (χ1) is 10.1. The van der Waals surface area contributed by atoms with E-state index < -0.39 is 0 Å². The zero-order chi connectivity index (χ0) is 14.8. The van der Waals surface area contributed by atoms with E-state index in [0.29, 0.717) is 23.0 Å². The Bertz CT molecular complexity index is 691. The van der Waals surface area contributed by atoms with Gasteiger partial charge in [-0.05, 0) is 35.8 Å². The molecule has 0 spiro atoms. The molecule has 5 heteroatoms. The van der Waals surface area contributed by atoms with E-state index in [1.807, 2.05) is 17.0 Å². The van der Waals surface area contributed by atoms with Crippen molar-refractivity contribution in [3.8, 4) is 5.75 Å². The molecule has 1 amide bonds. The summed E-state index contributed by atoms with van der Waals surface area (Å²) in [7, 11) is 0. The summed E-state index contributed by atoms with van der Waals surface area (Å²) in [4.78, 5) is 14.8. The molecule has 1 aromatic heterocycles. The number of carbonyl (C=O) groups excluding carboxylic acids is 1. The maximum absolute atomic E-state index is 12.3.